The van der Waals surface area contributed by atoms with Crippen molar-refractivity contribution in [3.05, 3.63) is 57.8 Å². The van der Waals surface area contributed by atoms with Crippen LogP contribution in [0.1, 0.15) is 28.5 Å². The van der Waals surface area contributed by atoms with Crippen LogP contribution in [0.15, 0.2) is 41.8 Å². The summed E-state index contributed by atoms with van der Waals surface area (Å²) in [6.07, 6.45) is 1.18. The third-order valence-electron chi connectivity index (χ3n) is 3.84. The van der Waals surface area contributed by atoms with Crippen LogP contribution < -0.4 is 5.32 Å². The molecule has 1 atom stereocenters. The van der Waals surface area contributed by atoms with Gasteiger partial charge in [0.05, 0.1) is 0 Å². The van der Waals surface area contributed by atoms with E-state index in [0.717, 1.165) is 19.6 Å². The molecule has 1 aliphatic rings. The topological polar surface area (TPSA) is 15.3 Å². The average molecular weight is 272 g/mol. The minimum absolute atomic E-state index is 0.522. The largest absolute Gasteiger partial charge is 0.313 e. The maximum Gasteiger partial charge on any atom is 0.0364 e. The van der Waals surface area contributed by atoms with Gasteiger partial charge in [0.1, 0.15) is 0 Å². The van der Waals surface area contributed by atoms with E-state index in [2.05, 4.69) is 59.0 Å². The van der Waals surface area contributed by atoms with Gasteiger partial charge in [0.15, 0.2) is 0 Å². The molecule has 0 fully saturated rings. The Balaban J connectivity index is 1.83. The van der Waals surface area contributed by atoms with Crippen molar-refractivity contribution in [2.24, 2.45) is 0 Å². The van der Waals surface area contributed by atoms with Crippen LogP contribution in [0.4, 0.5) is 0 Å². The van der Waals surface area contributed by atoms with E-state index in [1.54, 1.807) is 0 Å². The first-order valence-corrected chi connectivity index (χ1v) is 7.73. The van der Waals surface area contributed by atoms with Crippen LogP contribution in [-0.4, -0.2) is 18.5 Å². The molecule has 0 bridgehead atoms. The Labute approximate surface area is 119 Å². The van der Waals surface area contributed by atoms with Gasteiger partial charge in [-0.25, -0.2) is 0 Å². The zero-order valence-electron chi connectivity index (χ0n) is 11.3. The van der Waals surface area contributed by atoms with Gasteiger partial charge in [0.25, 0.3) is 0 Å². The second-order valence-electron chi connectivity index (χ2n) is 5.17. The van der Waals surface area contributed by atoms with Crippen molar-refractivity contribution in [3.8, 4) is 0 Å². The molecule has 0 amide bonds. The zero-order chi connectivity index (χ0) is 13.1. The van der Waals surface area contributed by atoms with Gasteiger partial charge in [-0.1, -0.05) is 30.3 Å². The smallest absolute Gasteiger partial charge is 0.0364 e. The molecule has 2 aromatic rings. The molecule has 3 rings (SSSR count). The lowest BCUT2D eigenvalue weighted by Gasteiger charge is -2.28. The summed E-state index contributed by atoms with van der Waals surface area (Å²) in [5, 5.41) is 5.68. The summed E-state index contributed by atoms with van der Waals surface area (Å²) >= 11 is 1.84. The highest BCUT2D eigenvalue weighted by Crippen LogP contribution is 2.29. The Morgan fingerprint density at radius 3 is 3.00 bits per heavy atom. The molecule has 0 saturated carbocycles. The second kappa shape index (κ2) is 5.87. The predicted molar refractivity (Wildman–Crippen MR) is 81.3 cm³/mol. The third kappa shape index (κ3) is 2.89. The Morgan fingerprint density at radius 1 is 1.26 bits per heavy atom. The highest BCUT2D eigenvalue weighted by Gasteiger charge is 2.21. The molecule has 1 N–H and O–H groups in total. The summed E-state index contributed by atoms with van der Waals surface area (Å²) in [6.45, 7) is 3.13. The SMILES string of the molecule is CN(Cc1cccs1)C1CCNCc2ccccc21. The highest BCUT2D eigenvalue weighted by atomic mass is 32.1. The van der Waals surface area contributed by atoms with Crippen LogP contribution in [0.2, 0.25) is 0 Å². The fourth-order valence-corrected chi connectivity index (χ4v) is 3.62. The summed E-state index contributed by atoms with van der Waals surface area (Å²) in [5.41, 5.74) is 2.94. The van der Waals surface area contributed by atoms with Crippen LogP contribution in [-0.2, 0) is 13.1 Å². The standard InChI is InChI=1S/C16H20N2S/c1-18(12-14-6-4-10-19-14)16-8-9-17-11-13-5-2-3-7-15(13)16/h2-7,10,16-17H,8-9,11-12H2,1H3. The number of fused-ring (bicyclic) bond motifs is 1. The number of nitrogens with zero attached hydrogens (tertiary/aromatic N) is 1. The van der Waals surface area contributed by atoms with E-state index in [9.17, 15) is 0 Å². The Hall–Kier alpha value is -1.16. The van der Waals surface area contributed by atoms with Gasteiger partial charge in [-0.05, 0) is 42.6 Å². The maximum absolute atomic E-state index is 3.52. The van der Waals surface area contributed by atoms with Crippen LogP contribution in [0.25, 0.3) is 0 Å². The molecule has 0 radical (unpaired) electrons. The summed E-state index contributed by atoms with van der Waals surface area (Å²) in [7, 11) is 2.24. The van der Waals surface area contributed by atoms with Gasteiger partial charge in [-0.3, -0.25) is 4.90 Å². The Kier molecular flexibility index (Phi) is 3.97. The Morgan fingerprint density at radius 2 is 2.16 bits per heavy atom. The van der Waals surface area contributed by atoms with Gasteiger partial charge in [-0.2, -0.15) is 0 Å². The van der Waals surface area contributed by atoms with Crippen LogP contribution in [0.5, 0.6) is 0 Å². The molecule has 1 aromatic heterocycles. The van der Waals surface area contributed by atoms with Crippen LogP contribution in [0, 0.1) is 0 Å². The van der Waals surface area contributed by atoms with Crippen molar-refractivity contribution in [1.82, 2.24) is 10.2 Å². The van der Waals surface area contributed by atoms with Gasteiger partial charge in [0, 0.05) is 24.0 Å². The van der Waals surface area contributed by atoms with E-state index < -0.39 is 0 Å². The molecule has 19 heavy (non-hydrogen) atoms. The molecule has 0 aliphatic carbocycles. The number of benzene rings is 1. The second-order valence-corrected chi connectivity index (χ2v) is 6.21. The van der Waals surface area contributed by atoms with Gasteiger partial charge in [0.2, 0.25) is 0 Å². The molecule has 2 nitrogen and oxygen atoms in total. The normalized spacial score (nSPS) is 19.2. The first-order chi connectivity index (χ1) is 9.34. The van der Waals surface area contributed by atoms with Gasteiger partial charge < -0.3 is 5.32 Å². The van der Waals surface area contributed by atoms with Gasteiger partial charge >= 0.3 is 0 Å². The van der Waals surface area contributed by atoms with Crippen molar-refractivity contribution < 1.29 is 0 Å². The lowest BCUT2D eigenvalue weighted by Crippen LogP contribution is -2.25. The molecule has 0 spiro atoms. The number of rotatable bonds is 3. The molecule has 0 saturated heterocycles. The first-order valence-electron chi connectivity index (χ1n) is 6.86. The number of thiophene rings is 1. The van der Waals surface area contributed by atoms with E-state index in [0.29, 0.717) is 6.04 Å². The summed E-state index contributed by atoms with van der Waals surface area (Å²) in [5.74, 6) is 0. The van der Waals surface area contributed by atoms with Crippen LogP contribution >= 0.6 is 11.3 Å². The summed E-state index contributed by atoms with van der Waals surface area (Å²) in [6, 6.07) is 13.7. The summed E-state index contributed by atoms with van der Waals surface area (Å²) < 4.78 is 0. The molecule has 1 aliphatic heterocycles. The Bertz CT molecular complexity index is 521. The minimum Gasteiger partial charge on any atom is -0.313 e. The monoisotopic (exact) mass is 272 g/mol. The lowest BCUT2D eigenvalue weighted by molar-refractivity contribution is 0.228. The van der Waals surface area contributed by atoms with Crippen molar-refractivity contribution in [1.29, 1.82) is 0 Å². The van der Waals surface area contributed by atoms with E-state index in [-0.39, 0.29) is 0 Å². The predicted octanol–water partition coefficient (Wildman–Crippen LogP) is 3.41. The molecule has 1 unspecified atom stereocenters. The van der Waals surface area contributed by atoms with E-state index in [1.807, 2.05) is 11.3 Å². The number of nitrogens with one attached hydrogen (secondary N) is 1. The molecule has 3 heteroatoms. The van der Waals surface area contributed by atoms with E-state index in [4.69, 9.17) is 0 Å². The van der Waals surface area contributed by atoms with Crippen molar-refractivity contribution in [2.75, 3.05) is 13.6 Å². The highest BCUT2D eigenvalue weighted by molar-refractivity contribution is 7.09. The van der Waals surface area contributed by atoms with Crippen LogP contribution in [0.3, 0.4) is 0 Å². The minimum atomic E-state index is 0.522. The fourth-order valence-electron chi connectivity index (χ4n) is 2.85. The fraction of sp³-hybridized carbons (Fsp3) is 0.375. The molecule has 1 aromatic carbocycles. The maximum atomic E-state index is 3.52. The molecular weight excluding hydrogens is 252 g/mol. The summed E-state index contributed by atoms with van der Waals surface area (Å²) in [4.78, 5) is 3.93. The average Bonchev–Trinajstić information content (AvgIpc) is 2.83. The molecular formula is C16H20N2S. The zero-order valence-corrected chi connectivity index (χ0v) is 12.1. The van der Waals surface area contributed by atoms with Crippen molar-refractivity contribution in [2.45, 2.75) is 25.6 Å². The molecule has 100 valence electrons. The lowest BCUT2D eigenvalue weighted by atomic mass is 9.98. The van der Waals surface area contributed by atoms with E-state index >= 15 is 0 Å². The van der Waals surface area contributed by atoms with Crippen molar-refractivity contribution >= 4 is 11.3 Å². The van der Waals surface area contributed by atoms with E-state index in [1.165, 1.54) is 22.4 Å². The number of hydrogen-bond acceptors (Lipinski definition) is 3. The number of hydrogen-bond donors (Lipinski definition) is 1. The van der Waals surface area contributed by atoms with Crippen molar-refractivity contribution in [3.63, 3.8) is 0 Å². The first kappa shape index (κ1) is 12.9. The van der Waals surface area contributed by atoms with Gasteiger partial charge in [-0.15, -0.1) is 11.3 Å². The quantitative estimate of drug-likeness (QED) is 0.921. The third-order valence-corrected chi connectivity index (χ3v) is 4.70. The molecule has 2 heterocycles.